The van der Waals surface area contributed by atoms with E-state index in [2.05, 4.69) is 29.4 Å². The summed E-state index contributed by atoms with van der Waals surface area (Å²) in [5.41, 5.74) is 2.60. The van der Waals surface area contributed by atoms with Crippen molar-refractivity contribution < 1.29 is 9.72 Å². The van der Waals surface area contributed by atoms with Crippen LogP contribution in [-0.4, -0.2) is 31.3 Å². The molecule has 1 heterocycles. The van der Waals surface area contributed by atoms with Gasteiger partial charge in [-0.25, -0.2) is 0 Å². The molecule has 1 N–H and O–H groups in total. The zero-order chi connectivity index (χ0) is 25.8. The van der Waals surface area contributed by atoms with Crippen molar-refractivity contribution in [3.63, 3.8) is 0 Å². The molecule has 0 unspecified atom stereocenters. The zero-order valence-corrected chi connectivity index (χ0v) is 21.6. The maximum atomic E-state index is 12.7. The molecule has 0 spiro atoms. The van der Waals surface area contributed by atoms with Gasteiger partial charge in [0.25, 0.3) is 5.69 Å². The summed E-state index contributed by atoms with van der Waals surface area (Å²) in [4.78, 5) is 23.5. The van der Waals surface area contributed by atoms with Crippen molar-refractivity contribution in [1.82, 2.24) is 14.8 Å². The predicted octanol–water partition coefficient (Wildman–Crippen LogP) is 7.00. The van der Waals surface area contributed by atoms with E-state index in [4.69, 9.17) is 23.2 Å². The first-order valence-corrected chi connectivity index (χ1v) is 12.7. The van der Waals surface area contributed by atoms with Gasteiger partial charge in [0.2, 0.25) is 5.91 Å². The Balaban J connectivity index is 1.67. The summed E-state index contributed by atoms with van der Waals surface area (Å²) >= 11 is 13.2. The molecule has 0 bridgehead atoms. The highest BCUT2D eigenvalue weighted by Crippen LogP contribution is 2.33. The number of hydrogen-bond donors (Lipinski definition) is 1. The summed E-state index contributed by atoms with van der Waals surface area (Å²) in [7, 11) is 0. The third-order valence-electron chi connectivity index (χ3n) is 5.30. The van der Waals surface area contributed by atoms with Crippen LogP contribution in [0.2, 0.25) is 10.0 Å². The molecule has 11 heteroatoms. The highest BCUT2D eigenvalue weighted by Gasteiger charge is 2.21. The fraction of sp³-hybridized carbons (Fsp3) is 0.160. The maximum Gasteiger partial charge on any atom is 0.292 e. The third-order valence-corrected chi connectivity index (χ3v) is 6.71. The quantitative estimate of drug-likeness (QED) is 0.146. The van der Waals surface area contributed by atoms with Crippen molar-refractivity contribution in [2.24, 2.45) is 0 Å². The van der Waals surface area contributed by atoms with E-state index >= 15 is 0 Å². The largest absolute Gasteiger partial charge is 0.320 e. The average molecular weight is 542 g/mol. The number of benzene rings is 3. The number of hydrogen-bond acceptors (Lipinski definition) is 6. The van der Waals surface area contributed by atoms with Gasteiger partial charge in [0.1, 0.15) is 5.69 Å². The Morgan fingerprint density at radius 2 is 1.75 bits per heavy atom. The fourth-order valence-electron chi connectivity index (χ4n) is 3.63. The predicted molar refractivity (Wildman–Crippen MR) is 143 cm³/mol. The SMILES string of the molecule is CC(C)c1ccccc1-n1c(SCC(=O)Nc2cc(Cl)ccc2[N+](=O)[O-])nnc1-c1ccc(Cl)cc1. The van der Waals surface area contributed by atoms with Crippen LogP contribution in [0, 0.1) is 10.1 Å². The minimum Gasteiger partial charge on any atom is -0.320 e. The van der Waals surface area contributed by atoms with E-state index in [1.54, 1.807) is 12.1 Å². The molecule has 0 saturated heterocycles. The van der Waals surface area contributed by atoms with Crippen LogP contribution in [0.1, 0.15) is 25.3 Å². The summed E-state index contributed by atoms with van der Waals surface area (Å²) in [6, 6.07) is 19.2. The number of nitro benzene ring substituents is 1. The average Bonchev–Trinajstić information content (AvgIpc) is 3.26. The molecule has 0 aliphatic carbocycles. The normalized spacial score (nSPS) is 11.0. The summed E-state index contributed by atoms with van der Waals surface area (Å²) in [6.07, 6.45) is 0. The second kappa shape index (κ2) is 11.1. The molecular weight excluding hydrogens is 521 g/mol. The van der Waals surface area contributed by atoms with Gasteiger partial charge in [0.15, 0.2) is 11.0 Å². The molecule has 3 aromatic carbocycles. The minimum absolute atomic E-state index is 0.0339. The number of carbonyl (C=O) groups is 1. The van der Waals surface area contributed by atoms with E-state index in [1.165, 1.54) is 30.0 Å². The summed E-state index contributed by atoms with van der Waals surface area (Å²) < 4.78 is 1.92. The Morgan fingerprint density at radius 3 is 2.44 bits per heavy atom. The van der Waals surface area contributed by atoms with E-state index in [1.807, 2.05) is 41.0 Å². The van der Waals surface area contributed by atoms with Gasteiger partial charge in [-0.1, -0.05) is 67.0 Å². The number of nitro groups is 1. The van der Waals surface area contributed by atoms with Crippen molar-refractivity contribution in [3.8, 4) is 17.1 Å². The van der Waals surface area contributed by atoms with E-state index in [9.17, 15) is 14.9 Å². The van der Waals surface area contributed by atoms with Gasteiger partial charge in [-0.15, -0.1) is 10.2 Å². The molecule has 0 radical (unpaired) electrons. The molecular formula is C25H21Cl2N5O3S. The van der Waals surface area contributed by atoms with E-state index < -0.39 is 10.8 Å². The second-order valence-corrected chi connectivity index (χ2v) is 9.93. The highest BCUT2D eigenvalue weighted by molar-refractivity contribution is 7.99. The smallest absolute Gasteiger partial charge is 0.292 e. The van der Waals surface area contributed by atoms with Crippen molar-refractivity contribution in [1.29, 1.82) is 0 Å². The first kappa shape index (κ1) is 25.7. The molecule has 0 saturated carbocycles. The van der Waals surface area contributed by atoms with Crippen LogP contribution in [0.3, 0.4) is 0 Å². The minimum atomic E-state index is -0.572. The van der Waals surface area contributed by atoms with Gasteiger partial charge >= 0.3 is 0 Å². The molecule has 1 aromatic heterocycles. The summed E-state index contributed by atoms with van der Waals surface area (Å²) in [5.74, 6) is 0.344. The molecule has 0 aliphatic heterocycles. The number of para-hydroxylation sites is 1. The van der Waals surface area contributed by atoms with Gasteiger partial charge in [0, 0.05) is 21.7 Å². The zero-order valence-electron chi connectivity index (χ0n) is 19.3. The van der Waals surface area contributed by atoms with Gasteiger partial charge < -0.3 is 5.32 Å². The van der Waals surface area contributed by atoms with Crippen LogP contribution in [0.5, 0.6) is 0 Å². The van der Waals surface area contributed by atoms with Crippen LogP contribution >= 0.6 is 35.0 Å². The topological polar surface area (TPSA) is 103 Å². The molecule has 8 nitrogen and oxygen atoms in total. The number of aromatic nitrogens is 3. The van der Waals surface area contributed by atoms with Gasteiger partial charge in [0.05, 0.1) is 16.4 Å². The summed E-state index contributed by atoms with van der Waals surface area (Å²) in [6.45, 7) is 4.20. The van der Waals surface area contributed by atoms with E-state index in [0.717, 1.165) is 16.8 Å². The monoisotopic (exact) mass is 541 g/mol. The lowest BCUT2D eigenvalue weighted by molar-refractivity contribution is -0.383. The number of rotatable bonds is 8. The van der Waals surface area contributed by atoms with E-state index in [0.29, 0.717) is 16.0 Å². The fourth-order valence-corrected chi connectivity index (χ4v) is 4.67. The number of halogens is 2. The van der Waals surface area contributed by atoms with Crippen LogP contribution in [0.4, 0.5) is 11.4 Å². The number of carbonyl (C=O) groups excluding carboxylic acids is 1. The molecule has 1 amide bonds. The number of nitrogens with zero attached hydrogens (tertiary/aromatic N) is 4. The van der Waals surface area contributed by atoms with Crippen LogP contribution in [0.25, 0.3) is 17.1 Å². The molecule has 4 aromatic rings. The molecule has 4 rings (SSSR count). The Morgan fingerprint density at radius 1 is 1.06 bits per heavy atom. The standard InChI is InChI=1S/C25H21Cl2N5O3S/c1-15(2)19-5-3-4-6-21(19)31-24(16-7-9-17(26)10-8-16)29-30-25(31)36-14-23(33)28-20-13-18(27)11-12-22(20)32(34)35/h3-13,15H,14H2,1-2H3,(H,28,33). The molecule has 184 valence electrons. The number of nitrogens with one attached hydrogen (secondary N) is 1. The van der Waals surface area contributed by atoms with Crippen LogP contribution < -0.4 is 5.32 Å². The molecule has 0 aliphatic rings. The lowest BCUT2D eigenvalue weighted by Gasteiger charge is -2.17. The molecule has 0 fully saturated rings. The Labute approximate surface area is 221 Å². The number of amides is 1. The molecule has 0 atom stereocenters. The van der Waals surface area contributed by atoms with Crippen molar-refractivity contribution in [2.75, 3.05) is 11.1 Å². The van der Waals surface area contributed by atoms with Crippen molar-refractivity contribution in [3.05, 3.63) is 92.5 Å². The molecule has 36 heavy (non-hydrogen) atoms. The summed E-state index contributed by atoms with van der Waals surface area (Å²) in [5, 5.41) is 24.1. The van der Waals surface area contributed by atoms with Crippen LogP contribution in [0.15, 0.2) is 71.9 Å². The van der Waals surface area contributed by atoms with Crippen molar-refractivity contribution in [2.45, 2.75) is 24.9 Å². The van der Waals surface area contributed by atoms with Crippen LogP contribution in [-0.2, 0) is 4.79 Å². The van der Waals surface area contributed by atoms with Gasteiger partial charge in [-0.05, 0) is 53.9 Å². The van der Waals surface area contributed by atoms with Gasteiger partial charge in [-0.3, -0.25) is 19.5 Å². The Bertz CT molecular complexity index is 1420. The lowest BCUT2D eigenvalue weighted by atomic mass is 10.0. The first-order valence-electron chi connectivity index (χ1n) is 10.9. The van der Waals surface area contributed by atoms with Crippen molar-refractivity contribution >= 4 is 52.2 Å². The third kappa shape index (κ3) is 5.70. The lowest BCUT2D eigenvalue weighted by Crippen LogP contribution is -2.15. The number of thioether (sulfide) groups is 1. The Kier molecular flexibility index (Phi) is 7.93. The highest BCUT2D eigenvalue weighted by atomic mass is 35.5. The van der Waals surface area contributed by atoms with E-state index in [-0.39, 0.29) is 28.1 Å². The Hall–Kier alpha value is -3.40. The first-order chi connectivity index (χ1) is 17.2. The second-order valence-electron chi connectivity index (χ2n) is 8.12. The van der Waals surface area contributed by atoms with Gasteiger partial charge in [-0.2, -0.15) is 0 Å². The maximum absolute atomic E-state index is 12.7. The number of anilines is 1.